The van der Waals surface area contributed by atoms with E-state index in [9.17, 15) is 19.5 Å². The molecule has 1 aromatic carbocycles. The Bertz CT molecular complexity index is 1670. The van der Waals surface area contributed by atoms with Crippen molar-refractivity contribution in [2.75, 3.05) is 13.1 Å². The SMILES string of the molecule is CC(=O)N/C(C)=C/N(N)C1CCC(C2(C)CBCCCc3cc(-c4scnc4C)ccc3CNC(=O)[C@@H]3C[C@@H](O)CN3C(=O)[C@H](C(C)(C)C)NCCC2)CC1. The Morgan fingerprint density at radius 2 is 1.91 bits per heavy atom. The normalized spacial score (nSPS) is 28.1. The molecule has 1 aromatic heterocycles. The van der Waals surface area contributed by atoms with E-state index < -0.39 is 18.2 Å². The average molecular weight is 776 g/mol. The maximum Gasteiger partial charge on any atom is 0.243 e. The Hall–Kier alpha value is -3.26. The van der Waals surface area contributed by atoms with Crippen LogP contribution in [0.25, 0.3) is 10.4 Å². The number of carbonyl (C=O) groups is 3. The molecule has 5 rings (SSSR count). The number of carbonyl (C=O) groups excluding carboxylic acids is 3. The number of nitrogens with zero attached hydrogens (tertiary/aromatic N) is 3. The zero-order valence-electron chi connectivity index (χ0n) is 34.4. The van der Waals surface area contributed by atoms with Crippen molar-refractivity contribution in [3.05, 3.63) is 52.4 Å². The molecule has 3 heterocycles. The van der Waals surface area contributed by atoms with Gasteiger partial charge in [0.25, 0.3) is 0 Å². The van der Waals surface area contributed by atoms with Crippen LogP contribution in [-0.2, 0) is 27.3 Å². The number of rotatable bonds is 5. The van der Waals surface area contributed by atoms with Crippen LogP contribution in [-0.4, -0.2) is 82.3 Å². The van der Waals surface area contributed by atoms with Crippen molar-refractivity contribution < 1.29 is 19.5 Å². The molecule has 3 amide bonds. The summed E-state index contributed by atoms with van der Waals surface area (Å²) in [6, 6.07) is 5.56. The van der Waals surface area contributed by atoms with Gasteiger partial charge in [0.1, 0.15) is 13.3 Å². The molecule has 2 aromatic rings. The summed E-state index contributed by atoms with van der Waals surface area (Å²) in [6.07, 6.45) is 11.8. The number of nitrogens with two attached hydrogens (primary N) is 1. The summed E-state index contributed by atoms with van der Waals surface area (Å²) in [7, 11) is 1.15. The van der Waals surface area contributed by atoms with Crippen LogP contribution >= 0.6 is 11.3 Å². The lowest BCUT2D eigenvalue weighted by Gasteiger charge is -2.44. The number of fused-ring (bicyclic) bond motifs is 2. The van der Waals surface area contributed by atoms with Crippen LogP contribution in [0.2, 0.25) is 12.6 Å². The number of aryl methyl sites for hydroxylation is 2. The predicted octanol–water partition coefficient (Wildman–Crippen LogP) is 5.44. The summed E-state index contributed by atoms with van der Waals surface area (Å²) < 4.78 is 0. The lowest BCUT2D eigenvalue weighted by Crippen LogP contribution is -2.56. The van der Waals surface area contributed by atoms with Gasteiger partial charge in [-0.25, -0.2) is 10.8 Å². The van der Waals surface area contributed by atoms with Gasteiger partial charge in [0.05, 0.1) is 28.2 Å². The van der Waals surface area contributed by atoms with Crippen LogP contribution in [0.4, 0.5) is 0 Å². The van der Waals surface area contributed by atoms with E-state index in [1.807, 2.05) is 25.6 Å². The number of hydrazine groups is 1. The first-order valence-corrected chi connectivity index (χ1v) is 21.4. The van der Waals surface area contributed by atoms with Crippen LogP contribution in [0.15, 0.2) is 35.6 Å². The number of amides is 3. The van der Waals surface area contributed by atoms with Gasteiger partial charge in [0.15, 0.2) is 0 Å². The zero-order valence-corrected chi connectivity index (χ0v) is 35.2. The number of nitrogens with one attached hydrogen (secondary N) is 3. The molecule has 4 atom stereocenters. The average Bonchev–Trinajstić information content (AvgIpc) is 3.74. The molecule has 55 heavy (non-hydrogen) atoms. The molecule has 11 nitrogen and oxygen atoms in total. The van der Waals surface area contributed by atoms with Crippen LogP contribution in [0.5, 0.6) is 0 Å². The van der Waals surface area contributed by atoms with Crippen molar-refractivity contribution in [3.8, 4) is 10.4 Å². The van der Waals surface area contributed by atoms with Crippen LogP contribution in [0.3, 0.4) is 0 Å². The summed E-state index contributed by atoms with van der Waals surface area (Å²) >= 11 is 1.65. The molecular formula is C42H66BN7O4S. The minimum Gasteiger partial charge on any atom is -0.391 e. The molecule has 1 saturated carbocycles. The number of aromatic nitrogens is 1. The van der Waals surface area contributed by atoms with Gasteiger partial charge in [0.2, 0.25) is 17.7 Å². The van der Waals surface area contributed by atoms with Crippen molar-refractivity contribution in [3.63, 3.8) is 0 Å². The van der Waals surface area contributed by atoms with E-state index in [4.69, 9.17) is 5.84 Å². The maximum absolute atomic E-state index is 14.3. The van der Waals surface area contributed by atoms with Gasteiger partial charge in [-0.05, 0) is 105 Å². The van der Waals surface area contributed by atoms with Gasteiger partial charge in [-0.1, -0.05) is 58.9 Å². The molecule has 0 spiro atoms. The Morgan fingerprint density at radius 1 is 1.16 bits per heavy atom. The number of benzene rings is 1. The first-order valence-electron chi connectivity index (χ1n) is 20.6. The molecule has 2 fully saturated rings. The third kappa shape index (κ3) is 11.2. The first kappa shape index (κ1) is 42.9. The van der Waals surface area contributed by atoms with Gasteiger partial charge in [0, 0.05) is 44.4 Å². The van der Waals surface area contributed by atoms with Crippen molar-refractivity contribution in [1.82, 2.24) is 30.8 Å². The molecule has 1 unspecified atom stereocenters. The highest BCUT2D eigenvalue weighted by atomic mass is 32.1. The fraction of sp³-hybridized carbons (Fsp3) is 0.667. The Morgan fingerprint density at radius 3 is 2.58 bits per heavy atom. The monoisotopic (exact) mass is 775 g/mol. The van der Waals surface area contributed by atoms with E-state index in [1.54, 1.807) is 21.2 Å². The molecular weight excluding hydrogens is 709 g/mol. The Balaban J connectivity index is 1.37. The van der Waals surface area contributed by atoms with Gasteiger partial charge in [-0.3, -0.25) is 14.4 Å². The number of aliphatic hydroxyl groups is 1. The highest BCUT2D eigenvalue weighted by Crippen LogP contribution is 2.45. The molecule has 1 saturated heterocycles. The van der Waals surface area contributed by atoms with E-state index in [2.05, 4.69) is 66.8 Å². The second kappa shape index (κ2) is 18.8. The van der Waals surface area contributed by atoms with Gasteiger partial charge in [-0.2, -0.15) is 0 Å². The zero-order chi connectivity index (χ0) is 39.9. The summed E-state index contributed by atoms with van der Waals surface area (Å²) in [5, 5.41) is 22.1. The molecule has 6 N–H and O–H groups in total. The molecule has 1 aliphatic carbocycles. The molecule has 302 valence electrons. The van der Waals surface area contributed by atoms with E-state index in [0.717, 1.165) is 93.8 Å². The van der Waals surface area contributed by atoms with Crippen molar-refractivity contribution in [2.45, 2.75) is 150 Å². The fourth-order valence-electron chi connectivity index (χ4n) is 9.29. The van der Waals surface area contributed by atoms with E-state index in [-0.39, 0.29) is 47.6 Å². The summed E-state index contributed by atoms with van der Waals surface area (Å²) in [5.41, 5.74) is 6.88. The molecule has 0 bridgehead atoms. The molecule has 3 aliphatic rings. The minimum absolute atomic E-state index is 0.0980. The third-order valence-electron chi connectivity index (χ3n) is 12.4. The number of allylic oxidation sites excluding steroid dienone is 1. The lowest BCUT2D eigenvalue weighted by atomic mass is 9.54. The van der Waals surface area contributed by atoms with Crippen molar-refractivity contribution in [1.29, 1.82) is 0 Å². The first-order chi connectivity index (χ1) is 26.1. The summed E-state index contributed by atoms with van der Waals surface area (Å²) in [5.74, 6) is 6.63. The van der Waals surface area contributed by atoms with Crippen LogP contribution in [0.1, 0.15) is 110 Å². The minimum atomic E-state index is -0.741. The topological polar surface area (TPSA) is 153 Å². The largest absolute Gasteiger partial charge is 0.391 e. The molecule has 2 aliphatic heterocycles. The Labute approximate surface area is 333 Å². The number of hydrogen-bond acceptors (Lipinski definition) is 9. The highest BCUT2D eigenvalue weighted by molar-refractivity contribution is 7.13. The second-order valence-electron chi connectivity index (χ2n) is 17.9. The third-order valence-corrected chi connectivity index (χ3v) is 13.4. The fourth-order valence-corrected chi connectivity index (χ4v) is 10.1. The van der Waals surface area contributed by atoms with Crippen LogP contribution in [0, 0.1) is 23.7 Å². The lowest BCUT2D eigenvalue weighted by molar-refractivity contribution is -0.142. The Kier molecular flexibility index (Phi) is 14.7. The van der Waals surface area contributed by atoms with Gasteiger partial charge >= 0.3 is 0 Å². The van der Waals surface area contributed by atoms with E-state index >= 15 is 0 Å². The van der Waals surface area contributed by atoms with Crippen LogP contribution < -0.4 is 21.8 Å². The second-order valence-corrected chi connectivity index (χ2v) is 18.7. The van der Waals surface area contributed by atoms with Gasteiger partial charge < -0.3 is 31.0 Å². The van der Waals surface area contributed by atoms with Crippen molar-refractivity contribution >= 4 is 36.3 Å². The van der Waals surface area contributed by atoms with E-state index in [0.29, 0.717) is 19.0 Å². The van der Waals surface area contributed by atoms with Crippen molar-refractivity contribution in [2.24, 2.45) is 22.6 Å². The summed E-state index contributed by atoms with van der Waals surface area (Å²) in [4.78, 5) is 46.9. The number of aliphatic hydroxyl groups excluding tert-OH is 1. The standard InChI is InChI=1S/C42H66BN7O4S/c1-27(48-29(3)51)23-50(44)34-15-13-33(14-16-34)42(7)17-9-19-45-38(41(4,5)6)40(54)49-24-35(52)21-36(49)39(53)46-22-32-12-11-31(37-28(2)47-26-55-37)20-30(32)10-8-18-43-25-42/h11-12,20,23,26,33-36,38,43,45,52H,8-10,13-19,21-22,24-25,44H2,1-7H3,(H,46,53)(H,48,51)/b27-23+/t33?,34?,35-,36+,38-,42?/m1/s1. The molecule has 13 heteroatoms. The van der Waals surface area contributed by atoms with E-state index in [1.165, 1.54) is 17.4 Å². The summed E-state index contributed by atoms with van der Waals surface area (Å²) in [6.45, 7) is 15.3. The van der Waals surface area contributed by atoms with Gasteiger partial charge in [-0.15, -0.1) is 11.3 Å². The smallest absolute Gasteiger partial charge is 0.243 e. The number of thiazole rings is 1. The maximum atomic E-state index is 14.3. The molecule has 0 radical (unpaired) electrons. The number of hydrogen-bond donors (Lipinski definition) is 5. The highest BCUT2D eigenvalue weighted by Gasteiger charge is 2.44. The quantitative estimate of drug-likeness (QED) is 0.153. The predicted molar refractivity (Wildman–Crippen MR) is 223 cm³/mol.